The van der Waals surface area contributed by atoms with Gasteiger partial charge in [0.25, 0.3) is 0 Å². The number of ether oxygens (including phenoxy) is 1. The molecule has 2 amide bonds. The Kier molecular flexibility index (Phi) is 3.66. The molecule has 5 heteroatoms. The van der Waals surface area contributed by atoms with Crippen molar-refractivity contribution >= 4 is 11.8 Å². The van der Waals surface area contributed by atoms with E-state index in [9.17, 15) is 9.59 Å². The Morgan fingerprint density at radius 3 is 2.65 bits per heavy atom. The Labute approximate surface area is 101 Å². The molecule has 2 saturated heterocycles. The summed E-state index contributed by atoms with van der Waals surface area (Å²) < 4.78 is 5.48. The lowest BCUT2D eigenvalue weighted by Crippen LogP contribution is -2.61. The predicted octanol–water partition coefficient (Wildman–Crippen LogP) is 0.148. The second-order valence-corrected chi connectivity index (χ2v) is 4.95. The van der Waals surface area contributed by atoms with Crippen LogP contribution in [0.1, 0.15) is 26.7 Å². The molecule has 96 valence electrons. The zero-order chi connectivity index (χ0) is 12.4. The third kappa shape index (κ3) is 2.77. The van der Waals surface area contributed by atoms with E-state index in [1.54, 1.807) is 11.8 Å². The molecular formula is C12H20N2O3. The Balaban J connectivity index is 1.76. The van der Waals surface area contributed by atoms with Gasteiger partial charge in [0.1, 0.15) is 0 Å². The van der Waals surface area contributed by atoms with Crippen molar-refractivity contribution in [2.45, 2.75) is 38.8 Å². The number of hydrogen-bond donors (Lipinski definition) is 1. The van der Waals surface area contributed by atoms with Gasteiger partial charge in [-0.05, 0) is 19.8 Å². The lowest BCUT2D eigenvalue weighted by atomic mass is 9.93. The molecule has 0 aromatic carbocycles. The quantitative estimate of drug-likeness (QED) is 0.747. The van der Waals surface area contributed by atoms with Crippen LogP contribution >= 0.6 is 0 Å². The van der Waals surface area contributed by atoms with E-state index in [1.807, 2.05) is 6.92 Å². The van der Waals surface area contributed by atoms with Gasteiger partial charge in [-0.3, -0.25) is 9.59 Å². The number of likely N-dealkylation sites (tertiary alicyclic amines) is 1. The van der Waals surface area contributed by atoms with E-state index in [0.29, 0.717) is 13.1 Å². The summed E-state index contributed by atoms with van der Waals surface area (Å²) in [5, 5.41) is 2.99. The molecule has 0 aromatic rings. The molecular weight excluding hydrogens is 220 g/mol. The molecule has 0 unspecified atom stereocenters. The van der Waals surface area contributed by atoms with Crippen molar-refractivity contribution in [3.8, 4) is 0 Å². The highest BCUT2D eigenvalue weighted by atomic mass is 16.5. The summed E-state index contributed by atoms with van der Waals surface area (Å²) in [7, 11) is 0. The Morgan fingerprint density at radius 2 is 2.06 bits per heavy atom. The monoisotopic (exact) mass is 240 g/mol. The van der Waals surface area contributed by atoms with Crippen LogP contribution in [0.3, 0.4) is 0 Å². The Morgan fingerprint density at radius 1 is 1.35 bits per heavy atom. The fourth-order valence-electron chi connectivity index (χ4n) is 2.40. The Bertz CT molecular complexity index is 313. The topological polar surface area (TPSA) is 58.6 Å². The van der Waals surface area contributed by atoms with Crippen LogP contribution in [0.25, 0.3) is 0 Å². The minimum Gasteiger partial charge on any atom is -0.378 e. The standard InChI is InChI=1S/C12H20N2O3/c1-8-11(4-3-5-17-8)12(16)13-10-6-14(7-10)9(2)15/h8,10-11H,3-7H2,1-2H3,(H,13,16)/t8-,11-/m0/s1. The summed E-state index contributed by atoms with van der Waals surface area (Å²) in [5.41, 5.74) is 0. The maximum Gasteiger partial charge on any atom is 0.226 e. The lowest BCUT2D eigenvalue weighted by Gasteiger charge is -2.40. The first kappa shape index (κ1) is 12.4. The van der Waals surface area contributed by atoms with Crippen molar-refractivity contribution in [1.82, 2.24) is 10.2 Å². The van der Waals surface area contributed by atoms with E-state index in [4.69, 9.17) is 4.74 Å². The zero-order valence-corrected chi connectivity index (χ0v) is 10.4. The van der Waals surface area contributed by atoms with E-state index in [1.165, 1.54) is 0 Å². The summed E-state index contributed by atoms with van der Waals surface area (Å²) in [5.74, 6) is 0.116. The van der Waals surface area contributed by atoms with Gasteiger partial charge < -0.3 is 15.0 Å². The molecule has 2 rings (SSSR count). The van der Waals surface area contributed by atoms with Gasteiger partial charge in [0.15, 0.2) is 0 Å². The minimum absolute atomic E-state index is 0.00716. The van der Waals surface area contributed by atoms with E-state index >= 15 is 0 Å². The highest BCUT2D eigenvalue weighted by Crippen LogP contribution is 2.21. The highest BCUT2D eigenvalue weighted by molar-refractivity contribution is 5.80. The highest BCUT2D eigenvalue weighted by Gasteiger charge is 2.34. The molecule has 2 heterocycles. The fourth-order valence-corrected chi connectivity index (χ4v) is 2.40. The second kappa shape index (κ2) is 5.04. The molecule has 0 spiro atoms. The summed E-state index contributed by atoms with van der Waals surface area (Å²) in [4.78, 5) is 24.7. The molecule has 2 atom stereocenters. The molecule has 0 aliphatic carbocycles. The molecule has 2 aliphatic heterocycles. The van der Waals surface area contributed by atoms with Crippen LogP contribution in [0.2, 0.25) is 0 Å². The summed E-state index contributed by atoms with van der Waals surface area (Å²) >= 11 is 0. The average molecular weight is 240 g/mol. The smallest absolute Gasteiger partial charge is 0.226 e. The minimum atomic E-state index is -0.0323. The maximum atomic E-state index is 12.0. The van der Waals surface area contributed by atoms with Crippen molar-refractivity contribution in [3.63, 3.8) is 0 Å². The first-order chi connectivity index (χ1) is 8.08. The zero-order valence-electron chi connectivity index (χ0n) is 10.4. The number of carbonyl (C=O) groups excluding carboxylic acids is 2. The first-order valence-corrected chi connectivity index (χ1v) is 6.25. The first-order valence-electron chi connectivity index (χ1n) is 6.25. The van der Waals surface area contributed by atoms with Crippen LogP contribution in [0.5, 0.6) is 0 Å². The third-order valence-electron chi connectivity index (χ3n) is 3.62. The van der Waals surface area contributed by atoms with Crippen molar-refractivity contribution in [2.75, 3.05) is 19.7 Å². The van der Waals surface area contributed by atoms with Crippen LogP contribution in [-0.4, -0.2) is 48.6 Å². The number of nitrogens with zero attached hydrogens (tertiary/aromatic N) is 1. The van der Waals surface area contributed by atoms with Crippen LogP contribution in [0, 0.1) is 5.92 Å². The van der Waals surface area contributed by atoms with E-state index in [0.717, 1.165) is 19.4 Å². The normalized spacial score (nSPS) is 29.6. The third-order valence-corrected chi connectivity index (χ3v) is 3.62. The van der Waals surface area contributed by atoms with Crippen molar-refractivity contribution in [2.24, 2.45) is 5.92 Å². The molecule has 2 fully saturated rings. The Hall–Kier alpha value is -1.10. The second-order valence-electron chi connectivity index (χ2n) is 4.95. The van der Waals surface area contributed by atoms with Gasteiger partial charge in [-0.1, -0.05) is 0 Å². The molecule has 17 heavy (non-hydrogen) atoms. The summed E-state index contributed by atoms with van der Waals surface area (Å²) in [6, 6.07) is 0.125. The molecule has 2 aliphatic rings. The molecule has 0 bridgehead atoms. The average Bonchev–Trinajstić information content (AvgIpc) is 2.22. The molecule has 1 N–H and O–H groups in total. The van der Waals surface area contributed by atoms with E-state index in [2.05, 4.69) is 5.32 Å². The van der Waals surface area contributed by atoms with Gasteiger partial charge in [0, 0.05) is 26.6 Å². The largest absolute Gasteiger partial charge is 0.378 e. The van der Waals surface area contributed by atoms with Crippen molar-refractivity contribution in [3.05, 3.63) is 0 Å². The van der Waals surface area contributed by atoms with Crippen molar-refractivity contribution < 1.29 is 14.3 Å². The lowest BCUT2D eigenvalue weighted by molar-refractivity contribution is -0.140. The van der Waals surface area contributed by atoms with Gasteiger partial charge >= 0.3 is 0 Å². The van der Waals surface area contributed by atoms with E-state index < -0.39 is 0 Å². The predicted molar refractivity (Wildman–Crippen MR) is 62.3 cm³/mol. The number of rotatable bonds is 2. The molecule has 0 aromatic heterocycles. The number of nitrogens with one attached hydrogen (secondary N) is 1. The molecule has 5 nitrogen and oxygen atoms in total. The SMILES string of the molecule is CC(=O)N1CC(NC(=O)[C@H]2CCCO[C@H]2C)C1. The van der Waals surface area contributed by atoms with Gasteiger partial charge in [-0.2, -0.15) is 0 Å². The summed E-state index contributed by atoms with van der Waals surface area (Å²) in [6.07, 6.45) is 1.86. The van der Waals surface area contributed by atoms with Gasteiger partial charge in [0.05, 0.1) is 18.1 Å². The summed E-state index contributed by atoms with van der Waals surface area (Å²) in [6.45, 7) is 5.54. The van der Waals surface area contributed by atoms with Crippen LogP contribution in [0.4, 0.5) is 0 Å². The maximum absolute atomic E-state index is 12.0. The van der Waals surface area contributed by atoms with Gasteiger partial charge in [-0.25, -0.2) is 0 Å². The molecule has 0 radical (unpaired) electrons. The van der Waals surface area contributed by atoms with E-state index in [-0.39, 0.29) is 29.9 Å². The van der Waals surface area contributed by atoms with Gasteiger partial charge in [0.2, 0.25) is 11.8 Å². The van der Waals surface area contributed by atoms with Gasteiger partial charge in [-0.15, -0.1) is 0 Å². The molecule has 0 saturated carbocycles. The number of amides is 2. The van der Waals surface area contributed by atoms with Crippen molar-refractivity contribution in [1.29, 1.82) is 0 Å². The number of carbonyl (C=O) groups is 2. The van der Waals surface area contributed by atoms with Crippen LogP contribution in [-0.2, 0) is 14.3 Å². The fraction of sp³-hybridized carbons (Fsp3) is 0.833. The van der Waals surface area contributed by atoms with Crippen LogP contribution < -0.4 is 5.32 Å². The van der Waals surface area contributed by atoms with Crippen LogP contribution in [0.15, 0.2) is 0 Å². The number of hydrogen-bond acceptors (Lipinski definition) is 3.